The first kappa shape index (κ1) is 5.79. The number of aromatic nitrogens is 3. The summed E-state index contributed by atoms with van der Waals surface area (Å²) in [6.07, 6.45) is 3.14. The van der Waals surface area contributed by atoms with Crippen LogP contribution in [-0.4, -0.2) is 15.1 Å². The Balaban J connectivity index is 2.93. The normalized spacial score (nSPS) is 10.5. The molecule has 10 heavy (non-hydrogen) atoms. The van der Waals surface area contributed by atoms with Crippen molar-refractivity contribution in [2.45, 2.75) is 0 Å². The van der Waals surface area contributed by atoms with Gasteiger partial charge in [0.2, 0.25) is 0 Å². The lowest BCUT2D eigenvalue weighted by molar-refractivity contribution is 0.443. The van der Waals surface area contributed by atoms with Crippen LogP contribution in [0.2, 0.25) is 0 Å². The molecule has 2 heterocycles. The van der Waals surface area contributed by atoms with Crippen molar-refractivity contribution < 1.29 is 4.52 Å². The summed E-state index contributed by atoms with van der Waals surface area (Å²) in [5.41, 5.74) is 1.11. The van der Waals surface area contributed by atoms with Crippen LogP contribution in [0.5, 0.6) is 0 Å². The Kier molecular flexibility index (Phi) is 1.17. The second-order valence-electron chi connectivity index (χ2n) is 1.68. The molecule has 0 saturated carbocycles. The summed E-state index contributed by atoms with van der Waals surface area (Å²) < 4.78 is 5.37. The minimum Gasteiger partial charge on any atom is -0.333 e. The summed E-state index contributed by atoms with van der Waals surface area (Å²) in [6.45, 7) is 0. The third-order valence-electron chi connectivity index (χ3n) is 1.07. The third-order valence-corrected chi connectivity index (χ3v) is 1.59. The van der Waals surface area contributed by atoms with Gasteiger partial charge in [0, 0.05) is 12.4 Å². The van der Waals surface area contributed by atoms with Crippen molar-refractivity contribution in [1.29, 1.82) is 0 Å². The van der Waals surface area contributed by atoms with Crippen LogP contribution in [0.4, 0.5) is 0 Å². The number of fused-ring (bicyclic) bond motifs is 1. The summed E-state index contributed by atoms with van der Waals surface area (Å²) in [5.74, 6) is 0. The average molecular weight is 200 g/mol. The first-order valence-corrected chi connectivity index (χ1v) is 3.39. The van der Waals surface area contributed by atoms with E-state index in [1.165, 1.54) is 0 Å². The maximum absolute atomic E-state index is 4.78. The standard InChI is InChI=1S/C5H2BrN3O/c6-4-3-5(10-9-4)8-2-1-7-3/h1-2H. The summed E-state index contributed by atoms with van der Waals surface area (Å²) in [5, 5.41) is 3.61. The van der Waals surface area contributed by atoms with Gasteiger partial charge in [0.1, 0.15) is 0 Å². The number of rotatable bonds is 0. The smallest absolute Gasteiger partial charge is 0.277 e. The van der Waals surface area contributed by atoms with E-state index in [4.69, 9.17) is 4.52 Å². The quantitative estimate of drug-likeness (QED) is 0.644. The van der Waals surface area contributed by atoms with Crippen molar-refractivity contribution >= 4 is 27.2 Å². The Morgan fingerprint density at radius 2 is 2.10 bits per heavy atom. The molecule has 5 heteroatoms. The summed E-state index contributed by atoms with van der Waals surface area (Å²) in [4.78, 5) is 7.86. The van der Waals surface area contributed by atoms with E-state index in [9.17, 15) is 0 Å². The maximum atomic E-state index is 4.78. The lowest BCUT2D eigenvalue weighted by Crippen LogP contribution is -1.74. The SMILES string of the molecule is Brc1noc2nccnc12. The molecular weight excluding hydrogens is 198 g/mol. The summed E-state index contributed by atoms with van der Waals surface area (Å²) in [7, 11) is 0. The first-order valence-electron chi connectivity index (χ1n) is 2.60. The van der Waals surface area contributed by atoms with Gasteiger partial charge in [-0.2, -0.15) is 0 Å². The molecule has 0 unspecified atom stereocenters. The molecule has 0 saturated heterocycles. The van der Waals surface area contributed by atoms with Gasteiger partial charge in [-0.15, -0.1) is 0 Å². The number of hydrogen-bond acceptors (Lipinski definition) is 4. The highest BCUT2D eigenvalue weighted by Gasteiger charge is 2.04. The molecule has 0 spiro atoms. The highest BCUT2D eigenvalue weighted by atomic mass is 79.9. The zero-order valence-corrected chi connectivity index (χ0v) is 6.37. The largest absolute Gasteiger partial charge is 0.333 e. The lowest BCUT2D eigenvalue weighted by atomic mass is 10.6. The van der Waals surface area contributed by atoms with Crippen molar-refractivity contribution in [3.8, 4) is 0 Å². The van der Waals surface area contributed by atoms with Crippen LogP contribution in [0.15, 0.2) is 21.5 Å². The fourth-order valence-corrected chi connectivity index (χ4v) is 1.00. The van der Waals surface area contributed by atoms with Crippen LogP contribution >= 0.6 is 15.9 Å². The molecule has 2 aromatic rings. The Hall–Kier alpha value is -0.970. The molecule has 0 aliphatic carbocycles. The van der Waals surface area contributed by atoms with E-state index in [0.29, 0.717) is 15.8 Å². The Morgan fingerprint density at radius 1 is 1.30 bits per heavy atom. The van der Waals surface area contributed by atoms with Gasteiger partial charge in [0.25, 0.3) is 5.71 Å². The minimum absolute atomic E-state index is 0.453. The average Bonchev–Trinajstić information content (AvgIpc) is 2.34. The second-order valence-corrected chi connectivity index (χ2v) is 2.43. The fraction of sp³-hybridized carbons (Fsp3) is 0. The van der Waals surface area contributed by atoms with Crippen LogP contribution in [0, 0.1) is 0 Å². The van der Waals surface area contributed by atoms with Gasteiger partial charge >= 0.3 is 0 Å². The van der Waals surface area contributed by atoms with Crippen molar-refractivity contribution in [2.75, 3.05) is 0 Å². The molecule has 0 N–H and O–H groups in total. The first-order chi connectivity index (χ1) is 4.88. The van der Waals surface area contributed by atoms with Crippen molar-refractivity contribution in [2.24, 2.45) is 0 Å². The predicted octanol–water partition coefficient (Wildman–Crippen LogP) is 1.38. The Labute approximate surface area is 64.4 Å². The molecular formula is C5H2BrN3O. The van der Waals surface area contributed by atoms with Crippen LogP contribution in [-0.2, 0) is 0 Å². The van der Waals surface area contributed by atoms with Crippen LogP contribution in [0.25, 0.3) is 11.2 Å². The molecule has 0 aliphatic heterocycles. The van der Waals surface area contributed by atoms with E-state index in [0.717, 1.165) is 0 Å². The van der Waals surface area contributed by atoms with Gasteiger partial charge in [-0.3, -0.25) is 0 Å². The zero-order valence-electron chi connectivity index (χ0n) is 4.78. The molecule has 0 amide bonds. The number of nitrogens with zero attached hydrogens (tertiary/aromatic N) is 3. The van der Waals surface area contributed by atoms with Gasteiger partial charge in [-0.25, -0.2) is 9.97 Å². The van der Waals surface area contributed by atoms with Crippen LogP contribution in [0.3, 0.4) is 0 Å². The molecule has 2 aromatic heterocycles. The van der Waals surface area contributed by atoms with E-state index >= 15 is 0 Å². The topological polar surface area (TPSA) is 51.8 Å². The molecule has 0 atom stereocenters. The van der Waals surface area contributed by atoms with Crippen molar-refractivity contribution in [3.63, 3.8) is 0 Å². The van der Waals surface area contributed by atoms with Crippen LogP contribution < -0.4 is 0 Å². The molecule has 4 nitrogen and oxygen atoms in total. The molecule has 0 aliphatic rings. The van der Waals surface area contributed by atoms with E-state index in [2.05, 4.69) is 31.1 Å². The van der Waals surface area contributed by atoms with Gasteiger partial charge in [0.05, 0.1) is 0 Å². The van der Waals surface area contributed by atoms with E-state index in [1.54, 1.807) is 12.4 Å². The molecule has 50 valence electrons. The van der Waals surface area contributed by atoms with Gasteiger partial charge in [0.15, 0.2) is 10.1 Å². The molecule has 0 radical (unpaired) electrons. The third kappa shape index (κ3) is 0.706. The van der Waals surface area contributed by atoms with E-state index in [-0.39, 0.29) is 0 Å². The maximum Gasteiger partial charge on any atom is 0.277 e. The van der Waals surface area contributed by atoms with Crippen molar-refractivity contribution in [3.05, 3.63) is 17.0 Å². The Bertz CT molecular complexity index is 358. The van der Waals surface area contributed by atoms with E-state index < -0.39 is 0 Å². The predicted molar refractivity (Wildman–Crippen MR) is 37.3 cm³/mol. The minimum atomic E-state index is 0.453. The summed E-state index contributed by atoms with van der Waals surface area (Å²) >= 11 is 3.16. The summed E-state index contributed by atoms with van der Waals surface area (Å²) in [6, 6.07) is 0. The number of hydrogen-bond donors (Lipinski definition) is 0. The van der Waals surface area contributed by atoms with Crippen LogP contribution in [0.1, 0.15) is 0 Å². The van der Waals surface area contributed by atoms with Gasteiger partial charge < -0.3 is 4.52 Å². The zero-order chi connectivity index (χ0) is 6.97. The molecule has 2 rings (SSSR count). The monoisotopic (exact) mass is 199 g/mol. The molecule has 0 bridgehead atoms. The van der Waals surface area contributed by atoms with Gasteiger partial charge in [-0.05, 0) is 15.9 Å². The van der Waals surface area contributed by atoms with Gasteiger partial charge in [-0.1, -0.05) is 5.16 Å². The highest BCUT2D eigenvalue weighted by molar-refractivity contribution is 9.10. The van der Waals surface area contributed by atoms with E-state index in [1.807, 2.05) is 0 Å². The Morgan fingerprint density at radius 3 is 2.90 bits per heavy atom. The second kappa shape index (κ2) is 2.02. The highest BCUT2D eigenvalue weighted by Crippen LogP contribution is 2.17. The number of halogens is 1. The molecule has 0 aromatic carbocycles. The lowest BCUT2D eigenvalue weighted by Gasteiger charge is -1.79. The fourth-order valence-electron chi connectivity index (χ4n) is 0.660. The van der Waals surface area contributed by atoms with Crippen molar-refractivity contribution in [1.82, 2.24) is 15.1 Å². The molecule has 0 fully saturated rings.